The van der Waals surface area contributed by atoms with E-state index >= 15 is 0 Å². The number of ether oxygens (including phenoxy) is 1. The lowest BCUT2D eigenvalue weighted by atomic mass is 9.91. The van der Waals surface area contributed by atoms with Gasteiger partial charge in [0.05, 0.1) is 7.11 Å². The van der Waals surface area contributed by atoms with Gasteiger partial charge in [0.1, 0.15) is 5.75 Å². The number of hydrogen-bond acceptors (Lipinski definition) is 2. The first-order valence-electron chi connectivity index (χ1n) is 8.36. The highest BCUT2D eigenvalue weighted by molar-refractivity contribution is 5.87. The molecule has 4 rings (SSSR count). The Morgan fingerprint density at radius 1 is 1.25 bits per heavy atom. The quantitative estimate of drug-likeness (QED) is 0.719. The Morgan fingerprint density at radius 3 is 2.83 bits per heavy atom. The van der Waals surface area contributed by atoms with Crippen molar-refractivity contribution in [2.75, 3.05) is 13.7 Å². The molecule has 1 N–H and O–H groups in total. The Hall–Kier alpha value is -2.52. The van der Waals surface area contributed by atoms with Gasteiger partial charge in [0.25, 0.3) is 0 Å². The number of nitrogens with zero attached hydrogens (tertiary/aromatic N) is 1. The SMILES string of the molecule is C=C[C@H]1CN(Cc2ccccc2)Cc2[nH]c3ccc(OC)cc3c21. The van der Waals surface area contributed by atoms with Gasteiger partial charge in [-0.1, -0.05) is 36.4 Å². The molecule has 2 heterocycles. The van der Waals surface area contributed by atoms with Crippen LogP contribution in [0.2, 0.25) is 0 Å². The Labute approximate surface area is 142 Å². The van der Waals surface area contributed by atoms with Gasteiger partial charge in [-0.2, -0.15) is 0 Å². The topological polar surface area (TPSA) is 28.3 Å². The minimum absolute atomic E-state index is 0.332. The summed E-state index contributed by atoms with van der Waals surface area (Å²) in [5.41, 5.74) is 5.20. The minimum atomic E-state index is 0.332. The highest BCUT2D eigenvalue weighted by Gasteiger charge is 2.27. The molecule has 0 saturated carbocycles. The normalized spacial score (nSPS) is 17.6. The van der Waals surface area contributed by atoms with E-state index in [1.165, 1.54) is 27.7 Å². The summed E-state index contributed by atoms with van der Waals surface area (Å²) >= 11 is 0. The van der Waals surface area contributed by atoms with Gasteiger partial charge in [-0.25, -0.2) is 0 Å². The summed E-state index contributed by atoms with van der Waals surface area (Å²) < 4.78 is 5.40. The van der Waals surface area contributed by atoms with Crippen LogP contribution in [0.3, 0.4) is 0 Å². The van der Waals surface area contributed by atoms with Crippen LogP contribution in [0.5, 0.6) is 5.75 Å². The zero-order valence-electron chi connectivity index (χ0n) is 14.0. The van der Waals surface area contributed by atoms with E-state index in [0.717, 1.165) is 25.4 Å². The smallest absolute Gasteiger partial charge is 0.119 e. The van der Waals surface area contributed by atoms with Gasteiger partial charge in [0.2, 0.25) is 0 Å². The van der Waals surface area contributed by atoms with Crippen molar-refractivity contribution in [1.29, 1.82) is 0 Å². The van der Waals surface area contributed by atoms with Crippen LogP contribution in [0.4, 0.5) is 0 Å². The number of H-pyrrole nitrogens is 1. The molecule has 1 atom stereocenters. The molecule has 0 aliphatic carbocycles. The number of aromatic nitrogens is 1. The van der Waals surface area contributed by atoms with Crippen LogP contribution in [0.15, 0.2) is 61.2 Å². The molecule has 0 radical (unpaired) electrons. The molecule has 0 saturated heterocycles. The summed E-state index contributed by atoms with van der Waals surface area (Å²) in [5, 5.41) is 1.26. The fourth-order valence-electron chi connectivity index (χ4n) is 3.73. The lowest BCUT2D eigenvalue weighted by molar-refractivity contribution is 0.232. The van der Waals surface area contributed by atoms with Gasteiger partial charge >= 0.3 is 0 Å². The van der Waals surface area contributed by atoms with Crippen LogP contribution in [0.1, 0.15) is 22.7 Å². The molecule has 0 unspecified atom stereocenters. The molecule has 0 fully saturated rings. The molecule has 0 bridgehead atoms. The molecule has 122 valence electrons. The fraction of sp³-hybridized carbons (Fsp3) is 0.238. The summed E-state index contributed by atoms with van der Waals surface area (Å²) in [5.74, 6) is 1.23. The third kappa shape index (κ3) is 2.61. The summed E-state index contributed by atoms with van der Waals surface area (Å²) in [4.78, 5) is 6.09. The summed E-state index contributed by atoms with van der Waals surface area (Å²) in [7, 11) is 1.72. The van der Waals surface area contributed by atoms with Gasteiger partial charge in [0, 0.05) is 42.1 Å². The standard InChI is InChI=1S/C21H22N2O/c1-3-16-13-23(12-15-7-5-4-6-8-15)14-20-21(16)18-11-17(24-2)9-10-19(18)22-20/h3-11,16,22H,1,12-14H2,2H3/t16-/m0/s1. The number of hydrogen-bond donors (Lipinski definition) is 1. The first-order valence-corrected chi connectivity index (χ1v) is 8.36. The maximum Gasteiger partial charge on any atom is 0.119 e. The second kappa shape index (κ2) is 6.17. The number of nitrogens with one attached hydrogen (secondary N) is 1. The molecule has 0 spiro atoms. The van der Waals surface area contributed by atoms with Crippen molar-refractivity contribution in [3.63, 3.8) is 0 Å². The average molecular weight is 318 g/mol. The van der Waals surface area contributed by atoms with E-state index in [-0.39, 0.29) is 0 Å². The van der Waals surface area contributed by atoms with E-state index in [4.69, 9.17) is 4.74 Å². The van der Waals surface area contributed by atoms with E-state index in [1.807, 2.05) is 6.07 Å². The van der Waals surface area contributed by atoms with Crippen molar-refractivity contribution in [1.82, 2.24) is 9.88 Å². The summed E-state index contributed by atoms with van der Waals surface area (Å²) in [6, 6.07) is 16.9. The number of fused-ring (bicyclic) bond motifs is 3. The van der Waals surface area contributed by atoms with E-state index in [9.17, 15) is 0 Å². The van der Waals surface area contributed by atoms with Gasteiger partial charge in [-0.15, -0.1) is 6.58 Å². The van der Waals surface area contributed by atoms with E-state index in [1.54, 1.807) is 7.11 Å². The van der Waals surface area contributed by atoms with Gasteiger partial charge in [-0.3, -0.25) is 4.90 Å². The molecule has 3 nitrogen and oxygen atoms in total. The Bertz CT molecular complexity index is 866. The van der Waals surface area contributed by atoms with Crippen molar-refractivity contribution in [2.24, 2.45) is 0 Å². The number of methoxy groups -OCH3 is 1. The largest absolute Gasteiger partial charge is 0.497 e. The van der Waals surface area contributed by atoms with Gasteiger partial charge < -0.3 is 9.72 Å². The van der Waals surface area contributed by atoms with Crippen molar-refractivity contribution >= 4 is 10.9 Å². The zero-order valence-corrected chi connectivity index (χ0v) is 14.0. The Kier molecular flexibility index (Phi) is 3.87. The third-order valence-corrected chi connectivity index (χ3v) is 4.87. The van der Waals surface area contributed by atoms with Gasteiger partial charge in [0.15, 0.2) is 0 Å². The summed E-state index contributed by atoms with van der Waals surface area (Å²) in [6.45, 7) is 6.98. The van der Waals surface area contributed by atoms with E-state index in [2.05, 4.69) is 65.0 Å². The predicted octanol–water partition coefficient (Wildman–Crippen LogP) is 4.46. The van der Waals surface area contributed by atoms with Crippen LogP contribution in [0, 0.1) is 0 Å². The van der Waals surface area contributed by atoms with Crippen LogP contribution < -0.4 is 4.74 Å². The van der Waals surface area contributed by atoms with Crippen molar-refractivity contribution in [3.8, 4) is 5.75 Å². The zero-order chi connectivity index (χ0) is 16.5. The second-order valence-electron chi connectivity index (χ2n) is 6.43. The molecule has 2 aromatic carbocycles. The van der Waals surface area contributed by atoms with Crippen LogP contribution in [-0.4, -0.2) is 23.5 Å². The number of aromatic amines is 1. The van der Waals surface area contributed by atoms with E-state index < -0.39 is 0 Å². The van der Waals surface area contributed by atoms with Crippen molar-refractivity contribution < 1.29 is 4.74 Å². The molecular weight excluding hydrogens is 296 g/mol. The van der Waals surface area contributed by atoms with Crippen LogP contribution in [0.25, 0.3) is 10.9 Å². The molecule has 3 heteroatoms. The first kappa shape index (κ1) is 15.0. The lowest BCUT2D eigenvalue weighted by Crippen LogP contribution is -2.32. The van der Waals surface area contributed by atoms with Crippen LogP contribution >= 0.6 is 0 Å². The van der Waals surface area contributed by atoms with Crippen molar-refractivity contribution in [3.05, 3.63) is 78.0 Å². The molecule has 1 aliphatic heterocycles. The predicted molar refractivity (Wildman–Crippen MR) is 98.3 cm³/mol. The molecule has 1 aromatic heterocycles. The molecule has 1 aliphatic rings. The summed E-state index contributed by atoms with van der Waals surface area (Å²) in [6.07, 6.45) is 2.07. The molecular formula is C21H22N2O. The van der Waals surface area contributed by atoms with Crippen molar-refractivity contribution in [2.45, 2.75) is 19.0 Å². The Balaban J connectivity index is 1.70. The fourth-order valence-corrected chi connectivity index (χ4v) is 3.73. The number of rotatable bonds is 4. The monoisotopic (exact) mass is 318 g/mol. The first-order chi connectivity index (χ1) is 11.8. The van der Waals surface area contributed by atoms with Gasteiger partial charge in [-0.05, 0) is 29.3 Å². The average Bonchev–Trinajstić information content (AvgIpc) is 2.99. The second-order valence-corrected chi connectivity index (χ2v) is 6.43. The highest BCUT2D eigenvalue weighted by Crippen LogP contribution is 2.37. The third-order valence-electron chi connectivity index (χ3n) is 4.87. The maximum absolute atomic E-state index is 5.40. The lowest BCUT2D eigenvalue weighted by Gasteiger charge is -2.31. The molecule has 0 amide bonds. The molecule has 3 aromatic rings. The maximum atomic E-state index is 5.40. The minimum Gasteiger partial charge on any atom is -0.497 e. The van der Waals surface area contributed by atoms with E-state index in [0.29, 0.717) is 5.92 Å². The van der Waals surface area contributed by atoms with Crippen LogP contribution in [-0.2, 0) is 13.1 Å². The molecule has 24 heavy (non-hydrogen) atoms. The highest BCUT2D eigenvalue weighted by atomic mass is 16.5. The Morgan fingerprint density at radius 2 is 2.08 bits per heavy atom. The number of benzene rings is 2.